The molecule has 0 fully saturated rings. The number of unbranched alkanes of at least 4 members (excludes halogenated alkanes) is 1. The molecule has 0 aliphatic rings. The van der Waals surface area contributed by atoms with Crippen LogP contribution in [0.15, 0.2) is 0 Å². The van der Waals surface area contributed by atoms with E-state index in [9.17, 15) is 4.21 Å². The number of ether oxygens (including phenoxy) is 1. The maximum absolute atomic E-state index is 10.3. The van der Waals surface area contributed by atoms with E-state index in [0.717, 1.165) is 19.4 Å². The standard InChI is InChI=1S/C5H13NO2S/c1-8-4-2-3-5-9(6)7/h2-6H2,1H3. The zero-order valence-corrected chi connectivity index (χ0v) is 6.45. The molecular formula is C5H13NO2S. The second-order valence-electron chi connectivity index (χ2n) is 1.78. The SMILES string of the molecule is COCCCCS(N)=O. The van der Waals surface area contributed by atoms with Gasteiger partial charge in [-0.3, -0.25) is 5.14 Å². The summed E-state index contributed by atoms with van der Waals surface area (Å²) in [5.41, 5.74) is 0. The Hall–Kier alpha value is 0.0700. The molecule has 1 unspecified atom stereocenters. The molecule has 2 N–H and O–H groups in total. The second-order valence-corrected chi connectivity index (χ2v) is 2.95. The van der Waals surface area contributed by atoms with Crippen LogP contribution in [0.25, 0.3) is 0 Å². The molecule has 0 spiro atoms. The summed E-state index contributed by atoms with van der Waals surface area (Å²) >= 11 is 0. The van der Waals surface area contributed by atoms with Crippen molar-refractivity contribution >= 4 is 11.0 Å². The molecule has 0 saturated heterocycles. The summed E-state index contributed by atoms with van der Waals surface area (Å²) in [6.07, 6.45) is 1.83. The third-order valence-corrected chi connectivity index (χ3v) is 1.64. The molecule has 0 radical (unpaired) electrons. The highest BCUT2D eigenvalue weighted by Crippen LogP contribution is 1.88. The highest BCUT2D eigenvalue weighted by atomic mass is 32.2. The van der Waals surface area contributed by atoms with Crippen molar-refractivity contribution in [2.45, 2.75) is 12.8 Å². The highest BCUT2D eigenvalue weighted by molar-refractivity contribution is 7.82. The summed E-state index contributed by atoms with van der Waals surface area (Å²) in [6, 6.07) is 0. The lowest BCUT2D eigenvalue weighted by Crippen LogP contribution is -2.07. The third-order valence-electron chi connectivity index (χ3n) is 0.944. The van der Waals surface area contributed by atoms with E-state index in [0.29, 0.717) is 5.75 Å². The summed E-state index contributed by atoms with van der Waals surface area (Å²) in [4.78, 5) is 0. The number of nitrogens with two attached hydrogens (primary N) is 1. The van der Waals surface area contributed by atoms with Crippen LogP contribution in [-0.2, 0) is 15.7 Å². The van der Waals surface area contributed by atoms with Gasteiger partial charge in [0, 0.05) is 19.5 Å². The molecule has 56 valence electrons. The summed E-state index contributed by atoms with van der Waals surface area (Å²) in [6.45, 7) is 0.733. The van der Waals surface area contributed by atoms with Gasteiger partial charge in [0.05, 0.1) is 11.0 Å². The molecule has 0 rings (SSSR count). The summed E-state index contributed by atoms with van der Waals surface area (Å²) in [5, 5.41) is 5.01. The summed E-state index contributed by atoms with van der Waals surface area (Å²) < 4.78 is 15.0. The summed E-state index contributed by atoms with van der Waals surface area (Å²) in [7, 11) is 0.528. The first-order chi connectivity index (χ1) is 4.27. The van der Waals surface area contributed by atoms with Gasteiger partial charge in [-0.25, -0.2) is 4.21 Å². The number of hydrogen-bond acceptors (Lipinski definition) is 2. The normalized spacial score (nSPS) is 13.6. The maximum Gasteiger partial charge on any atom is 0.0887 e. The lowest BCUT2D eigenvalue weighted by atomic mass is 10.4. The zero-order valence-electron chi connectivity index (χ0n) is 5.63. The van der Waals surface area contributed by atoms with Crippen LogP contribution in [0, 0.1) is 0 Å². The Morgan fingerprint density at radius 1 is 1.56 bits per heavy atom. The number of hydrogen-bond donors (Lipinski definition) is 1. The minimum Gasteiger partial charge on any atom is -0.385 e. The number of rotatable bonds is 5. The van der Waals surface area contributed by atoms with Crippen molar-refractivity contribution in [1.82, 2.24) is 0 Å². The Morgan fingerprint density at radius 3 is 2.67 bits per heavy atom. The van der Waals surface area contributed by atoms with Gasteiger partial charge in [0.2, 0.25) is 0 Å². The molecule has 0 heterocycles. The molecule has 0 aromatic rings. The largest absolute Gasteiger partial charge is 0.385 e. The van der Waals surface area contributed by atoms with Crippen molar-refractivity contribution in [3.63, 3.8) is 0 Å². The molecule has 3 nitrogen and oxygen atoms in total. The Morgan fingerprint density at radius 2 is 2.22 bits per heavy atom. The zero-order chi connectivity index (χ0) is 7.11. The van der Waals surface area contributed by atoms with Gasteiger partial charge in [-0.2, -0.15) is 0 Å². The van der Waals surface area contributed by atoms with Crippen molar-refractivity contribution in [3.8, 4) is 0 Å². The van der Waals surface area contributed by atoms with Crippen LogP contribution in [0.3, 0.4) is 0 Å². The van der Waals surface area contributed by atoms with Crippen molar-refractivity contribution in [3.05, 3.63) is 0 Å². The van der Waals surface area contributed by atoms with E-state index < -0.39 is 11.0 Å². The third kappa shape index (κ3) is 8.07. The van der Waals surface area contributed by atoms with Crippen LogP contribution in [0.4, 0.5) is 0 Å². The fourth-order valence-corrected chi connectivity index (χ4v) is 0.979. The van der Waals surface area contributed by atoms with E-state index >= 15 is 0 Å². The highest BCUT2D eigenvalue weighted by Gasteiger charge is 1.90. The smallest absolute Gasteiger partial charge is 0.0887 e. The quantitative estimate of drug-likeness (QED) is 0.564. The van der Waals surface area contributed by atoms with Crippen LogP contribution in [0.1, 0.15) is 12.8 Å². The Labute approximate surface area is 58.2 Å². The van der Waals surface area contributed by atoms with Gasteiger partial charge in [0.25, 0.3) is 0 Å². The predicted octanol–water partition coefficient (Wildman–Crippen LogP) is 0.0354. The van der Waals surface area contributed by atoms with Gasteiger partial charge in [0.15, 0.2) is 0 Å². The molecule has 1 atom stereocenters. The number of methoxy groups -OCH3 is 1. The average Bonchev–Trinajstić information content (AvgIpc) is 1.80. The van der Waals surface area contributed by atoms with E-state index in [4.69, 9.17) is 9.88 Å². The molecule has 0 amide bonds. The average molecular weight is 151 g/mol. The van der Waals surface area contributed by atoms with Crippen LogP contribution in [0.5, 0.6) is 0 Å². The summed E-state index contributed by atoms with van der Waals surface area (Å²) in [5.74, 6) is 0.587. The molecule has 9 heavy (non-hydrogen) atoms. The Bertz CT molecular complexity index is 87.0. The van der Waals surface area contributed by atoms with E-state index in [1.807, 2.05) is 0 Å². The molecule has 0 bridgehead atoms. The van der Waals surface area contributed by atoms with E-state index in [-0.39, 0.29) is 0 Å². The molecule has 0 aromatic carbocycles. The van der Waals surface area contributed by atoms with Gasteiger partial charge < -0.3 is 4.74 Å². The predicted molar refractivity (Wildman–Crippen MR) is 38.3 cm³/mol. The van der Waals surface area contributed by atoms with Crippen molar-refractivity contribution in [2.24, 2.45) is 5.14 Å². The Kier molecular flexibility index (Phi) is 6.24. The van der Waals surface area contributed by atoms with E-state index in [1.165, 1.54) is 0 Å². The topological polar surface area (TPSA) is 52.3 Å². The molecule has 0 aromatic heterocycles. The monoisotopic (exact) mass is 151 g/mol. The molecular weight excluding hydrogens is 138 g/mol. The van der Waals surface area contributed by atoms with Gasteiger partial charge in [-0.15, -0.1) is 0 Å². The van der Waals surface area contributed by atoms with E-state index in [2.05, 4.69) is 0 Å². The molecule has 4 heteroatoms. The van der Waals surface area contributed by atoms with Crippen LogP contribution >= 0.6 is 0 Å². The van der Waals surface area contributed by atoms with Crippen LogP contribution < -0.4 is 5.14 Å². The fraction of sp³-hybridized carbons (Fsp3) is 1.00. The first-order valence-corrected chi connectivity index (χ1v) is 4.27. The van der Waals surface area contributed by atoms with Crippen LogP contribution in [0.2, 0.25) is 0 Å². The minimum atomic E-state index is -1.12. The maximum atomic E-state index is 10.3. The van der Waals surface area contributed by atoms with Crippen molar-refractivity contribution < 1.29 is 8.95 Å². The van der Waals surface area contributed by atoms with Crippen LogP contribution in [-0.4, -0.2) is 23.7 Å². The first kappa shape index (κ1) is 9.07. The Balaban J connectivity index is 2.83. The molecule has 0 aliphatic carbocycles. The molecule has 0 saturated carbocycles. The van der Waals surface area contributed by atoms with Gasteiger partial charge in [-0.1, -0.05) is 0 Å². The van der Waals surface area contributed by atoms with E-state index in [1.54, 1.807) is 7.11 Å². The molecule has 0 aliphatic heterocycles. The first-order valence-electron chi connectivity index (χ1n) is 2.89. The fourth-order valence-electron chi connectivity index (χ4n) is 0.491. The van der Waals surface area contributed by atoms with Gasteiger partial charge >= 0.3 is 0 Å². The second kappa shape index (κ2) is 6.19. The van der Waals surface area contributed by atoms with Crippen molar-refractivity contribution in [2.75, 3.05) is 19.5 Å². The lowest BCUT2D eigenvalue weighted by Gasteiger charge is -1.95. The van der Waals surface area contributed by atoms with Gasteiger partial charge in [0.1, 0.15) is 0 Å². The van der Waals surface area contributed by atoms with Crippen molar-refractivity contribution in [1.29, 1.82) is 0 Å². The minimum absolute atomic E-state index is 0.587. The van der Waals surface area contributed by atoms with Gasteiger partial charge in [-0.05, 0) is 12.8 Å². The lowest BCUT2D eigenvalue weighted by molar-refractivity contribution is 0.194.